The molecule has 1 aromatic carbocycles. The van der Waals surface area contributed by atoms with E-state index in [2.05, 4.69) is 10.2 Å². The van der Waals surface area contributed by atoms with Gasteiger partial charge in [-0.05, 0) is 69.1 Å². The van der Waals surface area contributed by atoms with Gasteiger partial charge in [0, 0.05) is 19.2 Å². The predicted molar refractivity (Wildman–Crippen MR) is 114 cm³/mol. The van der Waals surface area contributed by atoms with Crippen LogP contribution < -0.4 is 9.62 Å². The van der Waals surface area contributed by atoms with E-state index in [1.807, 2.05) is 12.1 Å². The normalized spacial score (nSPS) is 20.4. The first-order valence-electron chi connectivity index (χ1n) is 10.3. The third kappa shape index (κ3) is 6.07. The molecule has 0 radical (unpaired) electrons. The van der Waals surface area contributed by atoms with E-state index in [0.29, 0.717) is 25.2 Å². The minimum absolute atomic E-state index is 0.0953. The molecular formula is C21H31N3O3S. The van der Waals surface area contributed by atoms with Crippen molar-refractivity contribution in [3.8, 4) is 0 Å². The minimum Gasteiger partial charge on any atom is -0.353 e. The summed E-state index contributed by atoms with van der Waals surface area (Å²) < 4.78 is 25.4. The number of rotatable bonds is 7. The van der Waals surface area contributed by atoms with Crippen molar-refractivity contribution in [2.24, 2.45) is 0 Å². The van der Waals surface area contributed by atoms with Gasteiger partial charge in [0.05, 0.1) is 11.4 Å². The van der Waals surface area contributed by atoms with Gasteiger partial charge in [-0.15, -0.1) is 0 Å². The summed E-state index contributed by atoms with van der Waals surface area (Å²) in [6.07, 6.45) is 10.2. The van der Waals surface area contributed by atoms with Crippen molar-refractivity contribution in [3.05, 3.63) is 35.9 Å². The Balaban J connectivity index is 1.40. The fourth-order valence-corrected chi connectivity index (χ4v) is 5.35. The Labute approximate surface area is 168 Å². The van der Waals surface area contributed by atoms with E-state index < -0.39 is 10.0 Å². The van der Waals surface area contributed by atoms with E-state index in [9.17, 15) is 13.2 Å². The molecule has 6 nitrogen and oxygen atoms in total. The molecule has 2 aliphatic heterocycles. The molecule has 3 rings (SSSR count). The lowest BCUT2D eigenvalue weighted by Gasteiger charge is -2.19. The van der Waals surface area contributed by atoms with Crippen LogP contribution in [0.3, 0.4) is 0 Å². The topological polar surface area (TPSA) is 69.7 Å². The molecule has 2 aliphatic rings. The molecule has 2 fully saturated rings. The molecular weight excluding hydrogens is 374 g/mol. The van der Waals surface area contributed by atoms with Crippen LogP contribution in [0.25, 0.3) is 6.08 Å². The summed E-state index contributed by atoms with van der Waals surface area (Å²) in [6.45, 7) is 4.64. The number of benzene rings is 1. The maximum absolute atomic E-state index is 12.0. The van der Waals surface area contributed by atoms with Crippen molar-refractivity contribution < 1.29 is 13.2 Å². The summed E-state index contributed by atoms with van der Waals surface area (Å²) in [5.41, 5.74) is 1.56. The molecule has 0 saturated carbocycles. The van der Waals surface area contributed by atoms with Crippen LogP contribution in [0.1, 0.15) is 44.1 Å². The fraction of sp³-hybridized carbons (Fsp3) is 0.571. The number of carbonyl (C=O) groups is 1. The smallest absolute Gasteiger partial charge is 0.243 e. The second-order valence-electron chi connectivity index (χ2n) is 7.57. The Kier molecular flexibility index (Phi) is 7.50. The summed E-state index contributed by atoms with van der Waals surface area (Å²) in [5, 5.41) is 2.94. The molecule has 1 N–H and O–H groups in total. The Morgan fingerprint density at radius 1 is 1.00 bits per heavy atom. The highest BCUT2D eigenvalue weighted by atomic mass is 32.2. The maximum atomic E-state index is 12.0. The molecule has 0 aliphatic carbocycles. The van der Waals surface area contributed by atoms with Crippen LogP contribution in [0.4, 0.5) is 5.69 Å². The molecule has 28 heavy (non-hydrogen) atoms. The van der Waals surface area contributed by atoms with Crippen LogP contribution in [-0.2, 0) is 14.8 Å². The number of likely N-dealkylation sites (tertiary alicyclic amines) is 1. The van der Waals surface area contributed by atoms with E-state index in [1.165, 1.54) is 49.2 Å². The zero-order valence-corrected chi connectivity index (χ0v) is 17.3. The van der Waals surface area contributed by atoms with Gasteiger partial charge in [-0.3, -0.25) is 9.10 Å². The van der Waals surface area contributed by atoms with Gasteiger partial charge in [0.2, 0.25) is 15.9 Å². The zero-order valence-electron chi connectivity index (χ0n) is 16.5. The van der Waals surface area contributed by atoms with Crippen molar-refractivity contribution in [2.45, 2.75) is 38.5 Å². The average Bonchev–Trinajstić information content (AvgIpc) is 2.88. The lowest BCUT2D eigenvalue weighted by molar-refractivity contribution is -0.116. The molecule has 2 heterocycles. The standard InChI is InChI=1S/C21H31N3O3S/c25-21(22-13-5-16-23-14-3-1-2-4-15-23)12-9-19-7-10-20(11-8-19)24-17-6-18-28(24,26)27/h7-12H,1-6,13-18H2,(H,22,25)/b12-9+. The van der Waals surface area contributed by atoms with E-state index >= 15 is 0 Å². The van der Waals surface area contributed by atoms with Gasteiger partial charge in [-0.1, -0.05) is 25.0 Å². The summed E-state index contributed by atoms with van der Waals surface area (Å²) in [4.78, 5) is 14.5. The number of amides is 1. The zero-order chi connectivity index (χ0) is 19.8. The lowest BCUT2D eigenvalue weighted by Crippen LogP contribution is -2.30. The van der Waals surface area contributed by atoms with Crippen molar-refractivity contribution in [1.82, 2.24) is 10.2 Å². The number of anilines is 1. The van der Waals surface area contributed by atoms with Gasteiger partial charge < -0.3 is 10.2 Å². The Hall–Kier alpha value is -1.86. The molecule has 0 spiro atoms. The Bertz CT molecular complexity index is 767. The van der Waals surface area contributed by atoms with Crippen LogP contribution in [0.5, 0.6) is 0 Å². The fourth-order valence-electron chi connectivity index (χ4n) is 3.79. The molecule has 154 valence electrons. The Morgan fingerprint density at radius 2 is 1.71 bits per heavy atom. The van der Waals surface area contributed by atoms with E-state index in [1.54, 1.807) is 18.2 Å². The first-order valence-corrected chi connectivity index (χ1v) is 11.9. The monoisotopic (exact) mass is 405 g/mol. The second kappa shape index (κ2) is 10.1. The summed E-state index contributed by atoms with van der Waals surface area (Å²) >= 11 is 0. The molecule has 0 unspecified atom stereocenters. The van der Waals surface area contributed by atoms with Gasteiger partial charge >= 0.3 is 0 Å². The van der Waals surface area contributed by atoms with Crippen molar-refractivity contribution in [1.29, 1.82) is 0 Å². The number of nitrogens with one attached hydrogen (secondary N) is 1. The average molecular weight is 406 g/mol. The van der Waals surface area contributed by atoms with Gasteiger partial charge in [0.15, 0.2) is 0 Å². The summed E-state index contributed by atoms with van der Waals surface area (Å²) in [7, 11) is -3.15. The highest BCUT2D eigenvalue weighted by Crippen LogP contribution is 2.24. The molecule has 2 saturated heterocycles. The minimum atomic E-state index is -3.15. The van der Waals surface area contributed by atoms with Crippen LogP contribution in [0.15, 0.2) is 30.3 Å². The van der Waals surface area contributed by atoms with Gasteiger partial charge in [0.1, 0.15) is 0 Å². The summed E-state index contributed by atoms with van der Waals surface area (Å²) in [5.74, 6) is 0.120. The SMILES string of the molecule is O=C(/C=C/c1ccc(N2CCCS2(=O)=O)cc1)NCCCN1CCCCCC1. The van der Waals surface area contributed by atoms with Crippen LogP contribution >= 0.6 is 0 Å². The first-order chi connectivity index (χ1) is 13.5. The van der Waals surface area contributed by atoms with Gasteiger partial charge in [-0.25, -0.2) is 8.42 Å². The highest BCUT2D eigenvalue weighted by molar-refractivity contribution is 7.93. The largest absolute Gasteiger partial charge is 0.353 e. The van der Waals surface area contributed by atoms with Crippen molar-refractivity contribution >= 4 is 27.7 Å². The predicted octanol–water partition coefficient (Wildman–Crippen LogP) is 2.62. The molecule has 0 aromatic heterocycles. The van der Waals surface area contributed by atoms with Crippen LogP contribution in [0.2, 0.25) is 0 Å². The number of nitrogens with zero attached hydrogens (tertiary/aromatic N) is 2. The van der Waals surface area contributed by atoms with Crippen LogP contribution in [0, 0.1) is 0 Å². The molecule has 0 bridgehead atoms. The number of hydrogen-bond acceptors (Lipinski definition) is 4. The number of carbonyl (C=O) groups excluding carboxylic acids is 1. The highest BCUT2D eigenvalue weighted by Gasteiger charge is 2.28. The lowest BCUT2D eigenvalue weighted by atomic mass is 10.2. The van der Waals surface area contributed by atoms with E-state index in [4.69, 9.17) is 0 Å². The van der Waals surface area contributed by atoms with Crippen molar-refractivity contribution in [2.75, 3.05) is 42.8 Å². The quantitative estimate of drug-likeness (QED) is 0.559. The van der Waals surface area contributed by atoms with E-state index in [-0.39, 0.29) is 11.7 Å². The molecule has 7 heteroatoms. The van der Waals surface area contributed by atoms with Gasteiger partial charge in [-0.2, -0.15) is 0 Å². The summed E-state index contributed by atoms with van der Waals surface area (Å²) in [6, 6.07) is 7.27. The molecule has 0 atom stereocenters. The van der Waals surface area contributed by atoms with E-state index in [0.717, 1.165) is 18.5 Å². The second-order valence-corrected chi connectivity index (χ2v) is 9.58. The third-order valence-electron chi connectivity index (χ3n) is 5.36. The van der Waals surface area contributed by atoms with Crippen LogP contribution in [-0.4, -0.2) is 57.7 Å². The number of sulfonamides is 1. The first kappa shape index (κ1) is 20.9. The van der Waals surface area contributed by atoms with Crippen molar-refractivity contribution in [3.63, 3.8) is 0 Å². The molecule has 1 amide bonds. The maximum Gasteiger partial charge on any atom is 0.243 e. The van der Waals surface area contributed by atoms with Gasteiger partial charge in [0.25, 0.3) is 0 Å². The Morgan fingerprint density at radius 3 is 2.36 bits per heavy atom. The third-order valence-corrected chi connectivity index (χ3v) is 7.23. The number of hydrogen-bond donors (Lipinski definition) is 1. The molecule has 1 aromatic rings.